The zero-order valence-electron chi connectivity index (χ0n) is 18.3. The second-order valence-electron chi connectivity index (χ2n) is 9.86. The molecule has 0 radical (unpaired) electrons. The fourth-order valence-corrected chi connectivity index (χ4v) is 5.70. The van der Waals surface area contributed by atoms with Gasteiger partial charge < -0.3 is 15.4 Å². The Balaban J connectivity index is 1.28. The minimum atomic E-state index is -0.0243. The van der Waals surface area contributed by atoms with E-state index in [1.54, 1.807) is 11.8 Å². The molecule has 1 aliphatic heterocycles. The van der Waals surface area contributed by atoms with Crippen LogP contribution in [-0.2, 0) is 6.54 Å². The molecular weight excluding hydrogens is 378 g/mol. The van der Waals surface area contributed by atoms with Crippen molar-refractivity contribution in [3.63, 3.8) is 0 Å². The molecule has 4 unspecified atom stereocenters. The van der Waals surface area contributed by atoms with Gasteiger partial charge in [-0.3, -0.25) is 9.69 Å². The van der Waals surface area contributed by atoms with Crippen molar-refractivity contribution in [2.24, 2.45) is 23.7 Å². The van der Waals surface area contributed by atoms with Gasteiger partial charge in [0.2, 0.25) is 5.88 Å². The summed E-state index contributed by atoms with van der Waals surface area (Å²) in [5, 5.41) is 11.3. The van der Waals surface area contributed by atoms with Gasteiger partial charge >= 0.3 is 0 Å². The molecule has 0 aromatic carbocycles. The maximum atomic E-state index is 13.3. The Morgan fingerprint density at radius 2 is 2.13 bits per heavy atom. The number of carbonyl (C=O) groups is 1. The van der Waals surface area contributed by atoms with Crippen molar-refractivity contribution in [3.8, 4) is 5.88 Å². The molecule has 3 fully saturated rings. The molecule has 5 aliphatic rings. The molecule has 7 nitrogen and oxygen atoms in total. The third kappa shape index (κ3) is 3.78. The van der Waals surface area contributed by atoms with Gasteiger partial charge in [0.1, 0.15) is 5.56 Å². The molecule has 1 amide bonds. The van der Waals surface area contributed by atoms with Gasteiger partial charge in [0, 0.05) is 44.7 Å². The van der Waals surface area contributed by atoms with Gasteiger partial charge in [-0.05, 0) is 37.0 Å². The van der Waals surface area contributed by atoms with Crippen LogP contribution < -0.4 is 15.4 Å². The number of piperazine rings is 1. The van der Waals surface area contributed by atoms with Crippen LogP contribution in [0.15, 0.2) is 17.8 Å². The highest BCUT2D eigenvalue weighted by Crippen LogP contribution is 2.57. The molecule has 4 aliphatic carbocycles. The lowest BCUT2D eigenvalue weighted by Crippen LogP contribution is -2.58. The third-order valence-corrected chi connectivity index (χ3v) is 7.35. The van der Waals surface area contributed by atoms with Crippen molar-refractivity contribution in [1.29, 1.82) is 0 Å². The number of nitrogens with zero attached hydrogens (tertiary/aromatic N) is 3. The molecule has 1 saturated heterocycles. The predicted molar refractivity (Wildman–Crippen MR) is 116 cm³/mol. The number of nitrogens with one attached hydrogen (secondary N) is 2. The Bertz CT molecular complexity index is 811. The molecule has 7 heteroatoms. The normalized spacial score (nSPS) is 30.2. The zero-order valence-corrected chi connectivity index (χ0v) is 18.3. The van der Waals surface area contributed by atoms with Crippen molar-refractivity contribution >= 4 is 5.91 Å². The van der Waals surface area contributed by atoms with Crippen LogP contribution in [0.3, 0.4) is 0 Å². The van der Waals surface area contributed by atoms with Crippen LogP contribution in [0.25, 0.3) is 0 Å². The molecule has 4 atom stereocenters. The summed E-state index contributed by atoms with van der Waals surface area (Å²) >= 11 is 0. The summed E-state index contributed by atoms with van der Waals surface area (Å²) in [5.74, 6) is 2.96. The molecule has 2 saturated carbocycles. The summed E-state index contributed by atoms with van der Waals surface area (Å²) in [6.07, 6.45) is 7.74. The first-order valence-electron chi connectivity index (χ1n) is 11.7. The van der Waals surface area contributed by atoms with Gasteiger partial charge in [-0.15, -0.1) is 0 Å². The number of hydrogen-bond acceptors (Lipinski definition) is 5. The first kappa shape index (κ1) is 20.1. The topological polar surface area (TPSA) is 71.4 Å². The number of carbonyl (C=O) groups excluding carboxylic acids is 1. The van der Waals surface area contributed by atoms with E-state index < -0.39 is 0 Å². The summed E-state index contributed by atoms with van der Waals surface area (Å²) < 4.78 is 8.00. The van der Waals surface area contributed by atoms with Gasteiger partial charge in [0.25, 0.3) is 5.91 Å². The van der Waals surface area contributed by atoms with Crippen molar-refractivity contribution < 1.29 is 9.53 Å². The second-order valence-corrected chi connectivity index (χ2v) is 9.86. The van der Waals surface area contributed by atoms with E-state index in [0.29, 0.717) is 35.8 Å². The van der Waals surface area contributed by atoms with Crippen molar-refractivity contribution in [2.75, 3.05) is 39.3 Å². The number of amides is 1. The smallest absolute Gasteiger partial charge is 0.258 e. The van der Waals surface area contributed by atoms with E-state index in [-0.39, 0.29) is 11.9 Å². The highest BCUT2D eigenvalue weighted by molar-refractivity contribution is 5.96. The molecule has 6 rings (SSSR count). The highest BCUT2D eigenvalue weighted by atomic mass is 16.5. The van der Waals surface area contributed by atoms with E-state index >= 15 is 0 Å². The van der Waals surface area contributed by atoms with Crippen LogP contribution in [0.2, 0.25) is 0 Å². The summed E-state index contributed by atoms with van der Waals surface area (Å²) in [4.78, 5) is 15.7. The fourth-order valence-electron chi connectivity index (χ4n) is 5.70. The van der Waals surface area contributed by atoms with Gasteiger partial charge in [-0.1, -0.05) is 25.5 Å². The minimum absolute atomic E-state index is 0.0243. The number of aromatic nitrogens is 2. The molecule has 2 heterocycles. The molecule has 2 N–H and O–H groups in total. The van der Waals surface area contributed by atoms with Crippen molar-refractivity contribution in [1.82, 2.24) is 25.3 Å². The average molecular weight is 414 g/mol. The van der Waals surface area contributed by atoms with Crippen LogP contribution in [0.5, 0.6) is 5.88 Å². The number of fused-ring (bicyclic) bond motifs is 1. The van der Waals surface area contributed by atoms with Crippen LogP contribution in [0, 0.1) is 23.7 Å². The van der Waals surface area contributed by atoms with Crippen molar-refractivity contribution in [2.45, 2.75) is 45.7 Å². The molecule has 1 aromatic heterocycles. The highest BCUT2D eigenvalue weighted by Gasteiger charge is 2.52. The first-order chi connectivity index (χ1) is 14.6. The van der Waals surface area contributed by atoms with Gasteiger partial charge in [0.15, 0.2) is 0 Å². The molecule has 1 aromatic rings. The maximum Gasteiger partial charge on any atom is 0.258 e. The van der Waals surface area contributed by atoms with E-state index in [1.165, 1.54) is 12.8 Å². The van der Waals surface area contributed by atoms with E-state index in [1.807, 2.05) is 4.68 Å². The lowest BCUT2D eigenvalue weighted by Gasteiger charge is -2.56. The monoisotopic (exact) mass is 413 g/mol. The van der Waals surface area contributed by atoms with Crippen LogP contribution in [0.4, 0.5) is 0 Å². The fraction of sp³-hybridized carbons (Fsp3) is 0.739. The SMILES string of the molecule is CC(C)COc1c(C(=O)NC2C3CC=C4C(C3)CC42)cnn1CCN1CCNCC1. The Kier molecular flexibility index (Phi) is 5.58. The Morgan fingerprint density at radius 1 is 1.30 bits per heavy atom. The molecular formula is C23H35N5O2. The number of hydrogen-bond donors (Lipinski definition) is 2. The van der Waals surface area contributed by atoms with Crippen LogP contribution in [-0.4, -0.2) is 66.0 Å². The van der Waals surface area contributed by atoms with Gasteiger partial charge in [-0.25, -0.2) is 4.68 Å². The second kappa shape index (κ2) is 8.35. The summed E-state index contributed by atoms with van der Waals surface area (Å²) in [6, 6.07) is 0.282. The van der Waals surface area contributed by atoms with Gasteiger partial charge in [0.05, 0.1) is 19.3 Å². The quantitative estimate of drug-likeness (QED) is 0.637. The Hall–Kier alpha value is -1.86. The van der Waals surface area contributed by atoms with E-state index in [4.69, 9.17) is 4.74 Å². The number of allylic oxidation sites excluding steroid dienone is 1. The van der Waals surface area contributed by atoms with Crippen LogP contribution in [0.1, 0.15) is 43.5 Å². The largest absolute Gasteiger partial charge is 0.477 e. The Labute approximate surface area is 179 Å². The first-order valence-corrected chi connectivity index (χ1v) is 11.7. The standard InChI is InChI=1S/C23H35N5O2/c1-15(2)14-30-23-20(13-25-28(23)10-9-27-7-5-24-6-8-27)22(29)26-21-16-3-4-18-17(11-16)12-19(18)21/h4,13,15-17,19,21,24H,3,5-12,14H2,1-2H3,(H,26,29). The maximum absolute atomic E-state index is 13.3. The average Bonchev–Trinajstić information content (AvgIpc) is 3.14. The Morgan fingerprint density at radius 3 is 2.83 bits per heavy atom. The van der Waals surface area contributed by atoms with E-state index in [0.717, 1.165) is 51.6 Å². The summed E-state index contributed by atoms with van der Waals surface area (Å²) in [5.41, 5.74) is 2.19. The minimum Gasteiger partial charge on any atom is -0.477 e. The predicted octanol–water partition coefficient (Wildman–Crippen LogP) is 1.91. The van der Waals surface area contributed by atoms with Gasteiger partial charge in [-0.2, -0.15) is 5.10 Å². The zero-order chi connectivity index (χ0) is 20.7. The molecule has 164 valence electrons. The number of rotatable bonds is 8. The molecule has 0 spiro atoms. The lowest BCUT2D eigenvalue weighted by molar-refractivity contribution is 0.0624. The van der Waals surface area contributed by atoms with E-state index in [2.05, 4.69) is 40.6 Å². The van der Waals surface area contributed by atoms with Crippen LogP contribution >= 0.6 is 0 Å². The summed E-state index contributed by atoms with van der Waals surface area (Å²) in [6.45, 7) is 10.7. The number of ether oxygens (including phenoxy) is 1. The lowest BCUT2D eigenvalue weighted by atomic mass is 9.51. The third-order valence-electron chi connectivity index (χ3n) is 7.35. The molecule has 30 heavy (non-hydrogen) atoms. The van der Waals surface area contributed by atoms with E-state index in [9.17, 15) is 4.79 Å². The summed E-state index contributed by atoms with van der Waals surface area (Å²) in [7, 11) is 0. The van der Waals surface area contributed by atoms with Crippen molar-refractivity contribution in [3.05, 3.63) is 23.4 Å². The molecule has 4 bridgehead atoms.